The van der Waals surface area contributed by atoms with Crippen LogP contribution in [0.5, 0.6) is 0 Å². The molecule has 0 fully saturated rings. The number of nitrogens with one attached hydrogen (secondary N) is 1. The molecule has 1 amide bonds. The van der Waals surface area contributed by atoms with Gasteiger partial charge in [0.2, 0.25) is 5.91 Å². The van der Waals surface area contributed by atoms with Crippen LogP contribution in [0.4, 0.5) is 10.1 Å². The molecule has 74 valence electrons. The van der Waals surface area contributed by atoms with Crippen molar-refractivity contribution in [3.05, 3.63) is 29.6 Å². The fourth-order valence-corrected chi connectivity index (χ4v) is 1.70. The van der Waals surface area contributed by atoms with E-state index in [-0.39, 0.29) is 11.7 Å². The molecule has 1 heterocycles. The number of carbonyl (C=O) groups excluding carboxylic acids is 1. The van der Waals surface area contributed by atoms with E-state index in [2.05, 4.69) is 5.32 Å². The first kappa shape index (κ1) is 9.19. The van der Waals surface area contributed by atoms with Gasteiger partial charge in [0.25, 0.3) is 0 Å². The molecular formula is C11H12FNO. The zero-order valence-electron chi connectivity index (χ0n) is 8.23. The van der Waals surface area contributed by atoms with Gasteiger partial charge in [-0.1, -0.05) is 26.0 Å². The fourth-order valence-electron chi connectivity index (χ4n) is 1.70. The van der Waals surface area contributed by atoms with E-state index in [1.807, 2.05) is 19.9 Å². The van der Waals surface area contributed by atoms with Crippen LogP contribution in [0, 0.1) is 11.2 Å². The summed E-state index contributed by atoms with van der Waals surface area (Å²) in [6, 6.07) is 4.87. The van der Waals surface area contributed by atoms with Crippen molar-refractivity contribution in [1.29, 1.82) is 0 Å². The zero-order valence-corrected chi connectivity index (χ0v) is 8.23. The standard InChI is InChI=1S/C11H12FNO/c1-11(2)6-7-4-3-5-8(12)9(7)13-10(11)14/h3-5H,6H2,1-2H3,(H,13,14). The number of para-hydroxylation sites is 1. The van der Waals surface area contributed by atoms with E-state index in [9.17, 15) is 9.18 Å². The molecule has 14 heavy (non-hydrogen) atoms. The van der Waals surface area contributed by atoms with Gasteiger partial charge in [-0.3, -0.25) is 4.79 Å². The molecule has 0 unspecified atom stereocenters. The van der Waals surface area contributed by atoms with Crippen molar-refractivity contribution in [1.82, 2.24) is 0 Å². The smallest absolute Gasteiger partial charge is 0.230 e. The molecule has 2 nitrogen and oxygen atoms in total. The van der Waals surface area contributed by atoms with Gasteiger partial charge in [0.1, 0.15) is 5.82 Å². The first-order chi connectivity index (χ1) is 6.50. The molecule has 0 aliphatic carbocycles. The van der Waals surface area contributed by atoms with Gasteiger partial charge in [-0.15, -0.1) is 0 Å². The first-order valence-electron chi connectivity index (χ1n) is 4.59. The lowest BCUT2D eigenvalue weighted by atomic mass is 9.81. The minimum Gasteiger partial charge on any atom is -0.323 e. The molecule has 0 bridgehead atoms. The average Bonchev–Trinajstić information content (AvgIpc) is 2.08. The Morgan fingerprint density at radius 1 is 1.43 bits per heavy atom. The molecule has 0 aromatic heterocycles. The molecule has 0 spiro atoms. The number of carbonyl (C=O) groups is 1. The predicted octanol–water partition coefficient (Wildman–Crippen LogP) is 2.35. The molecule has 0 saturated heterocycles. The third kappa shape index (κ3) is 1.29. The summed E-state index contributed by atoms with van der Waals surface area (Å²) in [5, 5.41) is 2.60. The van der Waals surface area contributed by atoms with Crippen LogP contribution in [0.15, 0.2) is 18.2 Å². The summed E-state index contributed by atoms with van der Waals surface area (Å²) in [5.74, 6) is -0.471. The van der Waals surface area contributed by atoms with Gasteiger partial charge in [0.15, 0.2) is 0 Å². The summed E-state index contributed by atoms with van der Waals surface area (Å²) in [6.07, 6.45) is 0.589. The van der Waals surface area contributed by atoms with Crippen molar-refractivity contribution < 1.29 is 9.18 Å². The maximum Gasteiger partial charge on any atom is 0.230 e. The van der Waals surface area contributed by atoms with Crippen LogP contribution in [0.1, 0.15) is 19.4 Å². The van der Waals surface area contributed by atoms with Gasteiger partial charge in [-0.05, 0) is 18.1 Å². The van der Waals surface area contributed by atoms with E-state index in [1.165, 1.54) is 6.07 Å². The van der Waals surface area contributed by atoms with Crippen LogP contribution in [0.25, 0.3) is 0 Å². The molecule has 3 heteroatoms. The monoisotopic (exact) mass is 193 g/mol. The van der Waals surface area contributed by atoms with Crippen molar-refractivity contribution >= 4 is 11.6 Å². The number of fused-ring (bicyclic) bond motifs is 1. The highest BCUT2D eigenvalue weighted by molar-refractivity contribution is 5.98. The Morgan fingerprint density at radius 2 is 2.14 bits per heavy atom. The second-order valence-electron chi connectivity index (χ2n) is 4.29. The lowest BCUT2D eigenvalue weighted by molar-refractivity contribution is -0.124. The maximum absolute atomic E-state index is 13.3. The zero-order chi connectivity index (χ0) is 10.3. The Morgan fingerprint density at radius 3 is 2.86 bits per heavy atom. The predicted molar refractivity (Wildman–Crippen MR) is 52.5 cm³/mol. The van der Waals surface area contributed by atoms with Gasteiger partial charge < -0.3 is 5.32 Å². The third-order valence-corrected chi connectivity index (χ3v) is 2.59. The molecule has 1 aromatic rings. The summed E-state index contributed by atoms with van der Waals surface area (Å²) < 4.78 is 13.3. The van der Waals surface area contributed by atoms with Crippen molar-refractivity contribution in [3.63, 3.8) is 0 Å². The van der Waals surface area contributed by atoms with Crippen molar-refractivity contribution in [2.75, 3.05) is 5.32 Å². The van der Waals surface area contributed by atoms with E-state index in [0.717, 1.165) is 5.56 Å². The van der Waals surface area contributed by atoms with E-state index in [0.29, 0.717) is 12.1 Å². The van der Waals surface area contributed by atoms with Gasteiger partial charge >= 0.3 is 0 Å². The van der Waals surface area contributed by atoms with E-state index >= 15 is 0 Å². The number of anilines is 1. The van der Waals surface area contributed by atoms with Gasteiger partial charge in [-0.25, -0.2) is 4.39 Å². The van der Waals surface area contributed by atoms with Crippen molar-refractivity contribution in [2.24, 2.45) is 5.41 Å². The molecule has 2 rings (SSSR count). The van der Waals surface area contributed by atoms with Crippen LogP contribution < -0.4 is 5.32 Å². The Kier molecular flexibility index (Phi) is 1.84. The Balaban J connectivity index is 2.51. The van der Waals surface area contributed by atoms with E-state index < -0.39 is 5.41 Å². The number of amides is 1. The third-order valence-electron chi connectivity index (χ3n) is 2.59. The highest BCUT2D eigenvalue weighted by atomic mass is 19.1. The fraction of sp³-hybridized carbons (Fsp3) is 0.364. The van der Waals surface area contributed by atoms with Crippen molar-refractivity contribution in [2.45, 2.75) is 20.3 Å². The SMILES string of the molecule is CC1(C)Cc2cccc(F)c2NC1=O. The summed E-state index contributed by atoms with van der Waals surface area (Å²) in [5.41, 5.74) is 0.771. The normalized spacial score (nSPS) is 18.6. The topological polar surface area (TPSA) is 29.1 Å². The van der Waals surface area contributed by atoms with Crippen LogP contribution >= 0.6 is 0 Å². The number of halogens is 1. The molecule has 0 radical (unpaired) electrons. The lowest BCUT2D eigenvalue weighted by Gasteiger charge is -2.30. The summed E-state index contributed by atoms with van der Waals surface area (Å²) in [6.45, 7) is 3.71. The lowest BCUT2D eigenvalue weighted by Crippen LogP contribution is -2.37. The molecule has 1 aliphatic heterocycles. The average molecular weight is 193 g/mol. The highest BCUT2D eigenvalue weighted by Crippen LogP contribution is 2.34. The molecule has 1 aliphatic rings. The summed E-state index contributed by atoms with van der Waals surface area (Å²) >= 11 is 0. The molecule has 0 saturated carbocycles. The second kappa shape index (κ2) is 2.80. The van der Waals surface area contributed by atoms with Crippen LogP contribution in [0.2, 0.25) is 0 Å². The molecular weight excluding hydrogens is 181 g/mol. The number of rotatable bonds is 0. The quantitative estimate of drug-likeness (QED) is 0.673. The van der Waals surface area contributed by atoms with Crippen molar-refractivity contribution in [3.8, 4) is 0 Å². The Bertz CT molecular complexity index is 398. The van der Waals surface area contributed by atoms with Crippen LogP contribution in [-0.2, 0) is 11.2 Å². The first-order valence-corrected chi connectivity index (χ1v) is 4.59. The van der Waals surface area contributed by atoms with Gasteiger partial charge in [-0.2, -0.15) is 0 Å². The molecule has 0 atom stereocenters. The number of benzene rings is 1. The maximum atomic E-state index is 13.3. The minimum absolute atomic E-state index is 0.116. The molecule has 1 aromatic carbocycles. The van der Waals surface area contributed by atoms with Gasteiger partial charge in [0.05, 0.1) is 5.69 Å². The molecule has 1 N–H and O–H groups in total. The summed E-state index contributed by atoms with van der Waals surface area (Å²) in [4.78, 5) is 11.6. The summed E-state index contributed by atoms with van der Waals surface area (Å²) in [7, 11) is 0. The van der Waals surface area contributed by atoms with E-state index in [1.54, 1.807) is 6.07 Å². The highest BCUT2D eigenvalue weighted by Gasteiger charge is 2.34. The minimum atomic E-state index is -0.444. The Hall–Kier alpha value is -1.38. The van der Waals surface area contributed by atoms with Gasteiger partial charge in [0, 0.05) is 5.41 Å². The number of hydrogen-bond donors (Lipinski definition) is 1. The Labute approximate surface area is 82.1 Å². The largest absolute Gasteiger partial charge is 0.323 e. The van der Waals surface area contributed by atoms with Crippen LogP contribution in [0.3, 0.4) is 0 Å². The van der Waals surface area contributed by atoms with Crippen LogP contribution in [-0.4, -0.2) is 5.91 Å². The second-order valence-corrected chi connectivity index (χ2v) is 4.29. The number of hydrogen-bond acceptors (Lipinski definition) is 1. The van der Waals surface area contributed by atoms with E-state index in [4.69, 9.17) is 0 Å².